The number of aromatic nitrogens is 2. The van der Waals surface area contributed by atoms with Gasteiger partial charge in [-0.3, -0.25) is 0 Å². The van der Waals surface area contributed by atoms with Crippen LogP contribution in [0.3, 0.4) is 0 Å². The van der Waals surface area contributed by atoms with Crippen molar-refractivity contribution >= 4 is 5.97 Å². The summed E-state index contributed by atoms with van der Waals surface area (Å²) in [6, 6.07) is 22.3. The van der Waals surface area contributed by atoms with Crippen molar-refractivity contribution in [2.75, 3.05) is 7.11 Å². The van der Waals surface area contributed by atoms with Crippen molar-refractivity contribution in [3.05, 3.63) is 102 Å². The van der Waals surface area contributed by atoms with E-state index in [0.717, 1.165) is 42.7 Å². The molecule has 33 heavy (non-hydrogen) atoms. The highest BCUT2D eigenvalue weighted by atomic mass is 16.5. The molecule has 0 saturated heterocycles. The Morgan fingerprint density at radius 3 is 2.27 bits per heavy atom. The van der Waals surface area contributed by atoms with Gasteiger partial charge in [0.25, 0.3) is 0 Å². The first-order valence-corrected chi connectivity index (χ1v) is 11.4. The molecule has 5 nitrogen and oxygen atoms in total. The maximum Gasteiger partial charge on any atom is 0.328 e. The monoisotopic (exact) mass is 442 g/mol. The summed E-state index contributed by atoms with van der Waals surface area (Å²) in [5, 5.41) is 0. The van der Waals surface area contributed by atoms with Crippen LogP contribution in [0, 0.1) is 6.92 Å². The molecule has 0 amide bonds. The molecule has 0 radical (unpaired) electrons. The van der Waals surface area contributed by atoms with Gasteiger partial charge in [0.05, 0.1) is 12.8 Å². The van der Waals surface area contributed by atoms with Crippen LogP contribution in [0.4, 0.5) is 0 Å². The highest BCUT2D eigenvalue weighted by molar-refractivity contribution is 5.74. The molecule has 170 valence electrons. The van der Waals surface area contributed by atoms with Gasteiger partial charge in [0, 0.05) is 18.0 Å². The lowest BCUT2D eigenvalue weighted by atomic mass is 10.0. The van der Waals surface area contributed by atoms with Crippen LogP contribution in [0.15, 0.2) is 83.5 Å². The lowest BCUT2D eigenvalue weighted by Gasteiger charge is -2.16. The minimum absolute atomic E-state index is 0.207. The number of esters is 1. The van der Waals surface area contributed by atoms with Gasteiger partial charge in [0.15, 0.2) is 0 Å². The van der Waals surface area contributed by atoms with E-state index in [-0.39, 0.29) is 12.0 Å². The van der Waals surface area contributed by atoms with Crippen LogP contribution in [-0.4, -0.2) is 22.6 Å². The Kier molecular flexibility index (Phi) is 7.40. The summed E-state index contributed by atoms with van der Waals surface area (Å²) in [7, 11) is 1.44. The highest BCUT2D eigenvalue weighted by Gasteiger charge is 2.20. The number of hydrogen-bond acceptors (Lipinski definition) is 4. The first-order chi connectivity index (χ1) is 16.1. The molecule has 4 rings (SSSR count). The maximum atomic E-state index is 12.2. The maximum absolute atomic E-state index is 12.2. The van der Waals surface area contributed by atoms with Crippen molar-refractivity contribution < 1.29 is 13.9 Å². The molecule has 0 spiro atoms. The largest absolute Gasteiger partial charge is 0.467 e. The van der Waals surface area contributed by atoms with Crippen molar-refractivity contribution in [1.29, 1.82) is 0 Å². The summed E-state index contributed by atoms with van der Waals surface area (Å²) < 4.78 is 12.8. The van der Waals surface area contributed by atoms with E-state index >= 15 is 0 Å². The number of rotatable bonds is 10. The van der Waals surface area contributed by atoms with Crippen LogP contribution >= 0.6 is 0 Å². The molecule has 0 aliphatic rings. The van der Waals surface area contributed by atoms with E-state index in [1.165, 1.54) is 18.2 Å². The molecular weight excluding hydrogens is 412 g/mol. The minimum atomic E-state index is -0.295. The fraction of sp³-hybridized carbons (Fsp3) is 0.286. The number of nitrogens with zero attached hydrogens (tertiary/aromatic N) is 2. The van der Waals surface area contributed by atoms with E-state index in [1.807, 2.05) is 66.3 Å². The van der Waals surface area contributed by atoms with E-state index in [4.69, 9.17) is 14.1 Å². The summed E-state index contributed by atoms with van der Waals surface area (Å²) in [4.78, 5) is 16.9. The van der Waals surface area contributed by atoms with E-state index in [0.29, 0.717) is 12.3 Å². The van der Waals surface area contributed by atoms with Gasteiger partial charge in [-0.25, -0.2) is 9.78 Å². The third-order valence-corrected chi connectivity index (χ3v) is 5.98. The average Bonchev–Trinajstić information content (AvgIpc) is 3.51. The fourth-order valence-corrected chi connectivity index (χ4v) is 4.08. The molecule has 2 aromatic carbocycles. The van der Waals surface area contributed by atoms with Crippen molar-refractivity contribution in [3.8, 4) is 11.5 Å². The molecule has 0 N–H and O–H groups in total. The Hall–Kier alpha value is -3.60. The first kappa shape index (κ1) is 22.6. The van der Waals surface area contributed by atoms with Gasteiger partial charge in [0.2, 0.25) is 5.89 Å². The van der Waals surface area contributed by atoms with Gasteiger partial charge in [-0.1, -0.05) is 42.5 Å². The van der Waals surface area contributed by atoms with E-state index in [2.05, 4.69) is 24.3 Å². The third-order valence-electron chi connectivity index (χ3n) is 5.98. The van der Waals surface area contributed by atoms with Gasteiger partial charge in [-0.15, -0.1) is 0 Å². The molecule has 5 heteroatoms. The quantitative estimate of drug-likeness (QED) is 0.284. The van der Waals surface area contributed by atoms with Crippen LogP contribution in [-0.2, 0) is 28.8 Å². The summed E-state index contributed by atoms with van der Waals surface area (Å²) in [6.07, 6.45) is 8.23. The zero-order valence-electron chi connectivity index (χ0n) is 19.2. The lowest BCUT2D eigenvalue weighted by Crippen LogP contribution is -2.20. The summed E-state index contributed by atoms with van der Waals surface area (Å²) in [5.41, 5.74) is 4.57. The molecule has 2 heterocycles. The SMILES string of the molecule is COC(=O)C(CCc1ccc(CCCc2nc(-c3ccccc3)oc2C)cc1)n1cccc1. The second-order valence-electron chi connectivity index (χ2n) is 8.27. The van der Waals surface area contributed by atoms with Gasteiger partial charge in [-0.2, -0.15) is 0 Å². The smallest absolute Gasteiger partial charge is 0.328 e. The Morgan fingerprint density at radius 1 is 0.939 bits per heavy atom. The minimum Gasteiger partial charge on any atom is -0.467 e. The molecule has 0 saturated carbocycles. The van der Waals surface area contributed by atoms with Crippen LogP contribution in [0.5, 0.6) is 0 Å². The predicted octanol–water partition coefficient (Wildman–Crippen LogP) is 5.97. The average molecular weight is 443 g/mol. The van der Waals surface area contributed by atoms with Gasteiger partial charge in [0.1, 0.15) is 11.8 Å². The number of carbonyl (C=O) groups excluding carboxylic acids is 1. The second-order valence-corrected chi connectivity index (χ2v) is 8.27. The third kappa shape index (κ3) is 5.80. The number of benzene rings is 2. The molecule has 0 aliphatic carbocycles. The lowest BCUT2D eigenvalue weighted by molar-refractivity contribution is -0.144. The molecule has 2 aromatic heterocycles. The Bertz CT molecular complexity index is 1150. The highest BCUT2D eigenvalue weighted by Crippen LogP contribution is 2.23. The topological polar surface area (TPSA) is 57.3 Å². The first-order valence-electron chi connectivity index (χ1n) is 11.4. The number of oxazole rings is 1. The summed E-state index contributed by atoms with van der Waals surface area (Å²) in [5.74, 6) is 1.38. The number of hydrogen-bond donors (Lipinski definition) is 0. The van der Waals surface area contributed by atoms with Crippen LogP contribution in [0.1, 0.15) is 41.5 Å². The number of methoxy groups -OCH3 is 1. The molecule has 1 atom stereocenters. The van der Waals surface area contributed by atoms with Crippen LogP contribution in [0.25, 0.3) is 11.5 Å². The van der Waals surface area contributed by atoms with Crippen molar-refractivity contribution in [2.45, 2.75) is 45.1 Å². The van der Waals surface area contributed by atoms with E-state index in [9.17, 15) is 4.79 Å². The second kappa shape index (κ2) is 10.8. The molecule has 1 unspecified atom stereocenters. The standard InChI is InChI=1S/C28H30N2O3/c1-21-25(29-27(33-21)24-10-4-3-5-11-24)12-8-9-22-13-15-23(16-14-22)17-18-26(28(31)32-2)30-19-6-7-20-30/h3-7,10-11,13-16,19-20,26H,8-9,12,17-18H2,1-2H3. The van der Waals surface area contributed by atoms with Crippen molar-refractivity contribution in [3.63, 3.8) is 0 Å². The fourth-order valence-electron chi connectivity index (χ4n) is 4.08. The number of carbonyl (C=O) groups is 1. The summed E-state index contributed by atoms with van der Waals surface area (Å²) >= 11 is 0. The number of aryl methyl sites for hydroxylation is 4. The van der Waals surface area contributed by atoms with Crippen LogP contribution in [0.2, 0.25) is 0 Å². The molecule has 0 bridgehead atoms. The van der Waals surface area contributed by atoms with E-state index in [1.54, 1.807) is 0 Å². The van der Waals surface area contributed by atoms with Crippen molar-refractivity contribution in [1.82, 2.24) is 9.55 Å². The van der Waals surface area contributed by atoms with Gasteiger partial charge in [-0.05, 0) is 74.4 Å². The predicted molar refractivity (Wildman–Crippen MR) is 129 cm³/mol. The van der Waals surface area contributed by atoms with Gasteiger partial charge >= 0.3 is 5.97 Å². The summed E-state index contributed by atoms with van der Waals surface area (Å²) in [6.45, 7) is 1.99. The number of ether oxygens (including phenoxy) is 1. The molecular formula is C28H30N2O3. The Labute approximate surface area is 195 Å². The molecule has 0 fully saturated rings. The van der Waals surface area contributed by atoms with Crippen molar-refractivity contribution in [2.24, 2.45) is 0 Å². The Balaban J connectivity index is 1.29. The van der Waals surface area contributed by atoms with Crippen LogP contribution < -0.4 is 0 Å². The zero-order valence-corrected chi connectivity index (χ0v) is 19.2. The molecule has 4 aromatic rings. The Morgan fingerprint density at radius 2 is 1.61 bits per heavy atom. The normalized spacial score (nSPS) is 11.9. The van der Waals surface area contributed by atoms with Gasteiger partial charge < -0.3 is 13.7 Å². The zero-order chi connectivity index (χ0) is 23.0. The molecule has 0 aliphatic heterocycles. The van der Waals surface area contributed by atoms with E-state index < -0.39 is 0 Å².